The van der Waals surface area contributed by atoms with E-state index in [9.17, 15) is 21.6 Å². The van der Waals surface area contributed by atoms with E-state index in [1.54, 1.807) is 4.31 Å². The average molecular weight is 425 g/mol. The molecule has 0 N–H and O–H groups in total. The second kappa shape index (κ2) is 6.57. The lowest BCUT2D eigenvalue weighted by atomic mass is 9.95. The molecule has 1 saturated heterocycles. The maximum atomic E-state index is 13.5. The van der Waals surface area contributed by atoms with Gasteiger partial charge >= 0.3 is 6.18 Å². The Kier molecular flexibility index (Phi) is 4.33. The smallest absolute Gasteiger partial charge is 0.237 e. The van der Waals surface area contributed by atoms with Gasteiger partial charge in [0.1, 0.15) is 0 Å². The number of fused-ring (bicyclic) bond motifs is 2. The monoisotopic (exact) mass is 425 g/mol. The molecular formula is C20H22F3N3O2S. The van der Waals surface area contributed by atoms with E-state index in [-0.39, 0.29) is 11.8 Å². The predicted octanol–water partition coefficient (Wildman–Crippen LogP) is 3.27. The zero-order valence-corrected chi connectivity index (χ0v) is 16.7. The fourth-order valence-electron chi connectivity index (χ4n) is 5.03. The van der Waals surface area contributed by atoms with Gasteiger partial charge in [0.15, 0.2) is 5.69 Å². The predicted molar refractivity (Wildman–Crippen MR) is 102 cm³/mol. The molecule has 29 heavy (non-hydrogen) atoms. The van der Waals surface area contributed by atoms with Crippen molar-refractivity contribution in [2.75, 3.05) is 12.3 Å². The van der Waals surface area contributed by atoms with Gasteiger partial charge in [-0.25, -0.2) is 13.1 Å². The number of nitrogens with zero attached hydrogens (tertiary/aromatic N) is 3. The van der Waals surface area contributed by atoms with E-state index >= 15 is 0 Å². The Hall–Kier alpha value is -1.87. The van der Waals surface area contributed by atoms with Crippen molar-refractivity contribution in [1.29, 1.82) is 0 Å². The molecule has 1 fully saturated rings. The molecule has 1 aliphatic heterocycles. The molecule has 5 nitrogen and oxygen atoms in total. The van der Waals surface area contributed by atoms with Crippen molar-refractivity contribution in [3.63, 3.8) is 0 Å². The van der Waals surface area contributed by atoms with Gasteiger partial charge in [-0.15, -0.1) is 0 Å². The van der Waals surface area contributed by atoms with E-state index in [4.69, 9.17) is 0 Å². The molecule has 9 heteroatoms. The summed E-state index contributed by atoms with van der Waals surface area (Å²) in [4.78, 5) is 0. The summed E-state index contributed by atoms with van der Waals surface area (Å²) in [6.07, 6.45) is 0.0401. The molecule has 1 aromatic carbocycles. The standard InChI is InChI=1S/C20H22F3N3O2S/c21-20(22,23)19-17-4-1-2-5-18(17)26(24-19)15-7-6-13-10-16(12-14(13)11-15)25-8-3-9-29(25,27)28/h6-7,11,16H,1-5,8-10,12H2/t16-/m0/s1. The largest absolute Gasteiger partial charge is 0.435 e. The molecule has 156 valence electrons. The molecule has 0 amide bonds. The minimum Gasteiger partial charge on any atom is -0.237 e. The fraction of sp³-hybridized carbons (Fsp3) is 0.550. The first kappa shape index (κ1) is 19.1. The molecule has 1 aromatic heterocycles. The molecule has 0 spiro atoms. The van der Waals surface area contributed by atoms with E-state index < -0.39 is 21.9 Å². The zero-order valence-electron chi connectivity index (χ0n) is 15.9. The number of hydrogen-bond donors (Lipinski definition) is 0. The van der Waals surface area contributed by atoms with E-state index in [2.05, 4.69) is 5.10 Å². The summed E-state index contributed by atoms with van der Waals surface area (Å²) in [5.74, 6) is 0.199. The molecule has 0 saturated carbocycles. The van der Waals surface area contributed by atoms with Crippen LogP contribution < -0.4 is 0 Å². The fourth-order valence-corrected chi connectivity index (χ4v) is 6.76. The lowest BCUT2D eigenvalue weighted by Crippen LogP contribution is -2.37. The summed E-state index contributed by atoms with van der Waals surface area (Å²) in [7, 11) is -3.18. The van der Waals surface area contributed by atoms with Gasteiger partial charge in [0.05, 0.1) is 11.4 Å². The first-order chi connectivity index (χ1) is 13.7. The second-order valence-corrected chi connectivity index (χ2v) is 10.2. The summed E-state index contributed by atoms with van der Waals surface area (Å²) in [5, 5.41) is 3.96. The lowest BCUT2D eigenvalue weighted by Gasteiger charge is -2.21. The highest BCUT2D eigenvalue weighted by Gasteiger charge is 2.40. The average Bonchev–Trinajstić information content (AvgIpc) is 3.34. The lowest BCUT2D eigenvalue weighted by molar-refractivity contribution is -0.142. The molecule has 5 rings (SSSR count). The highest BCUT2D eigenvalue weighted by molar-refractivity contribution is 7.89. The van der Waals surface area contributed by atoms with Crippen molar-refractivity contribution in [1.82, 2.24) is 14.1 Å². The molecule has 0 bridgehead atoms. The van der Waals surface area contributed by atoms with Crippen molar-refractivity contribution >= 4 is 10.0 Å². The number of rotatable bonds is 2. The van der Waals surface area contributed by atoms with Crippen LogP contribution in [0, 0.1) is 0 Å². The Morgan fingerprint density at radius 3 is 2.52 bits per heavy atom. The molecule has 1 atom stereocenters. The van der Waals surface area contributed by atoms with Crippen LogP contribution in [0.4, 0.5) is 13.2 Å². The number of sulfonamides is 1. The topological polar surface area (TPSA) is 55.2 Å². The molecule has 0 unspecified atom stereocenters. The Labute approximate surface area is 167 Å². The number of halogens is 3. The highest BCUT2D eigenvalue weighted by atomic mass is 32.2. The van der Waals surface area contributed by atoms with E-state index in [1.807, 2.05) is 18.2 Å². The molecule has 0 radical (unpaired) electrons. The van der Waals surface area contributed by atoms with Gasteiger partial charge in [-0.3, -0.25) is 0 Å². The van der Waals surface area contributed by atoms with Crippen LogP contribution in [0.3, 0.4) is 0 Å². The van der Waals surface area contributed by atoms with Crippen LogP contribution in [-0.2, 0) is 41.9 Å². The van der Waals surface area contributed by atoms with Crippen LogP contribution in [0.5, 0.6) is 0 Å². The Morgan fingerprint density at radius 1 is 1.03 bits per heavy atom. The summed E-state index contributed by atoms with van der Waals surface area (Å²) in [6.45, 7) is 0.551. The van der Waals surface area contributed by atoms with Gasteiger partial charge in [-0.2, -0.15) is 22.6 Å². The van der Waals surface area contributed by atoms with E-state index in [1.165, 1.54) is 4.68 Å². The van der Waals surface area contributed by atoms with Crippen LogP contribution in [0.15, 0.2) is 18.2 Å². The highest BCUT2D eigenvalue weighted by Crippen LogP contribution is 2.38. The van der Waals surface area contributed by atoms with Crippen molar-refractivity contribution in [2.45, 2.75) is 57.2 Å². The van der Waals surface area contributed by atoms with Crippen LogP contribution in [-0.4, -0.2) is 40.8 Å². The summed E-state index contributed by atoms with van der Waals surface area (Å²) in [5.41, 5.74) is 2.91. The van der Waals surface area contributed by atoms with Crippen LogP contribution in [0.2, 0.25) is 0 Å². The van der Waals surface area contributed by atoms with Gasteiger partial charge in [0.25, 0.3) is 0 Å². The Bertz CT molecular complexity index is 1080. The number of benzene rings is 1. The van der Waals surface area contributed by atoms with Gasteiger partial charge in [0.2, 0.25) is 10.0 Å². The number of alkyl halides is 3. The van der Waals surface area contributed by atoms with Crippen molar-refractivity contribution < 1.29 is 21.6 Å². The minimum absolute atomic E-state index is 0.0926. The normalized spacial score (nSPS) is 23.9. The number of hydrogen-bond acceptors (Lipinski definition) is 3. The quantitative estimate of drug-likeness (QED) is 0.742. The molecule has 2 heterocycles. The van der Waals surface area contributed by atoms with Gasteiger partial charge in [0, 0.05) is 23.8 Å². The summed E-state index contributed by atoms with van der Waals surface area (Å²) < 4.78 is 68.0. The first-order valence-corrected chi connectivity index (χ1v) is 11.6. The SMILES string of the molecule is O=S1(=O)CCCN1[C@H]1Cc2ccc(-n3nc(C(F)(F)F)c4c3CCCC4)cc2C1. The molecule has 2 aromatic rings. The van der Waals surface area contributed by atoms with Crippen molar-refractivity contribution in [3.05, 3.63) is 46.3 Å². The minimum atomic E-state index is -4.46. The molecular weight excluding hydrogens is 403 g/mol. The van der Waals surface area contributed by atoms with Gasteiger partial charge < -0.3 is 0 Å². The Balaban J connectivity index is 1.50. The second-order valence-electron chi connectivity index (χ2n) is 8.19. The first-order valence-electron chi connectivity index (χ1n) is 10.0. The summed E-state index contributed by atoms with van der Waals surface area (Å²) >= 11 is 0. The van der Waals surface area contributed by atoms with Crippen LogP contribution in [0.25, 0.3) is 5.69 Å². The maximum absolute atomic E-state index is 13.5. The molecule has 3 aliphatic rings. The van der Waals surface area contributed by atoms with Gasteiger partial charge in [-0.05, 0) is 68.2 Å². The molecule has 2 aliphatic carbocycles. The number of aromatic nitrogens is 2. The van der Waals surface area contributed by atoms with Crippen LogP contribution in [0.1, 0.15) is 47.3 Å². The van der Waals surface area contributed by atoms with E-state index in [0.29, 0.717) is 55.6 Å². The summed E-state index contributed by atoms with van der Waals surface area (Å²) in [6, 6.07) is 5.52. The third-order valence-electron chi connectivity index (χ3n) is 6.34. The van der Waals surface area contributed by atoms with Gasteiger partial charge in [-0.1, -0.05) is 6.07 Å². The third-order valence-corrected chi connectivity index (χ3v) is 8.34. The maximum Gasteiger partial charge on any atom is 0.435 e. The van der Waals surface area contributed by atoms with Crippen LogP contribution >= 0.6 is 0 Å². The van der Waals surface area contributed by atoms with Crippen molar-refractivity contribution in [3.8, 4) is 5.69 Å². The third kappa shape index (κ3) is 3.18. The zero-order chi connectivity index (χ0) is 20.4. The van der Waals surface area contributed by atoms with E-state index in [0.717, 1.165) is 24.0 Å². The Morgan fingerprint density at radius 2 is 1.79 bits per heavy atom. The van der Waals surface area contributed by atoms with Crippen molar-refractivity contribution in [2.24, 2.45) is 0 Å².